The largest absolute Gasteiger partial charge is 0.406 e. The Kier molecular flexibility index (Phi) is 9.36. The molecule has 3 N–H and O–H groups in total. The van der Waals surface area contributed by atoms with Crippen LogP contribution in [0.4, 0.5) is 0 Å². The predicted octanol–water partition coefficient (Wildman–Crippen LogP) is 2.53. The first-order valence-electron chi connectivity index (χ1n) is 14.3. The molecule has 244 valence electrons. The number of hydrogen-bond acceptors (Lipinski definition) is 10. The third-order valence-corrected chi connectivity index (χ3v) is 19.0. The van der Waals surface area contributed by atoms with Gasteiger partial charge in [-0.1, -0.05) is 41.5 Å². The molecule has 1 aromatic rings. The number of nitrogens with zero attached hydrogens (tertiary/aromatic N) is 2. The van der Waals surface area contributed by atoms with E-state index in [1.54, 1.807) is 6.92 Å². The van der Waals surface area contributed by atoms with Crippen LogP contribution in [-0.4, -0.2) is 64.6 Å². The van der Waals surface area contributed by atoms with E-state index in [4.69, 9.17) is 23.5 Å². The molecule has 4 atom stereocenters. The number of carbonyl (C=O) groups is 1. The molecule has 1 saturated heterocycles. The van der Waals surface area contributed by atoms with E-state index >= 15 is 0 Å². The van der Waals surface area contributed by atoms with E-state index in [1.807, 2.05) is 67.7 Å². The molecule has 3 rings (SSSR count). The molecule has 1 amide bonds. The molecule has 0 saturated carbocycles. The predicted molar refractivity (Wildman–Crippen MR) is 168 cm³/mol. The normalized spacial score (nSPS) is 26.1. The van der Waals surface area contributed by atoms with Gasteiger partial charge in [-0.2, -0.15) is 8.42 Å². The summed E-state index contributed by atoms with van der Waals surface area (Å²) >= 11 is 0. The second-order valence-corrected chi connectivity index (χ2v) is 25.3. The van der Waals surface area contributed by atoms with Gasteiger partial charge in [0.1, 0.15) is 6.10 Å². The molecular weight excluding hydrogens is 613 g/mol. The van der Waals surface area contributed by atoms with Crippen molar-refractivity contribution >= 4 is 32.7 Å². The van der Waals surface area contributed by atoms with Crippen LogP contribution in [0.1, 0.15) is 59.8 Å². The van der Waals surface area contributed by atoms with E-state index in [-0.39, 0.29) is 34.3 Å². The van der Waals surface area contributed by atoms with Gasteiger partial charge in [-0.3, -0.25) is 18.7 Å². The molecule has 2 aliphatic rings. The lowest BCUT2D eigenvalue weighted by molar-refractivity contribution is -0.148. The molecule has 16 heteroatoms. The molecule has 1 aromatic heterocycles. The van der Waals surface area contributed by atoms with E-state index in [1.165, 1.54) is 17.8 Å². The molecule has 3 unspecified atom stereocenters. The fourth-order valence-corrected chi connectivity index (χ4v) is 8.10. The molecule has 43 heavy (non-hydrogen) atoms. The van der Waals surface area contributed by atoms with Crippen LogP contribution in [0.3, 0.4) is 0 Å². The molecule has 3 heterocycles. The fourth-order valence-electron chi connectivity index (χ4n) is 4.45. The van der Waals surface area contributed by atoms with Gasteiger partial charge in [-0.05, 0) is 43.2 Å². The monoisotopic (exact) mass is 660 g/mol. The molecule has 1 spiro atoms. The van der Waals surface area contributed by atoms with Gasteiger partial charge < -0.3 is 24.6 Å². The van der Waals surface area contributed by atoms with Crippen molar-refractivity contribution < 1.29 is 31.0 Å². The van der Waals surface area contributed by atoms with Crippen molar-refractivity contribution in [3.63, 3.8) is 0 Å². The van der Waals surface area contributed by atoms with Crippen molar-refractivity contribution in [2.45, 2.75) is 115 Å². The molecule has 1 fully saturated rings. The Morgan fingerprint density at radius 1 is 1.07 bits per heavy atom. The van der Waals surface area contributed by atoms with E-state index < -0.39 is 68.1 Å². The third-order valence-electron chi connectivity index (χ3n) is 9.11. The summed E-state index contributed by atoms with van der Waals surface area (Å²) in [6.45, 7) is 21.7. The lowest BCUT2D eigenvalue weighted by Gasteiger charge is -2.45. The Labute approximate surface area is 256 Å². The van der Waals surface area contributed by atoms with Crippen LogP contribution in [0.2, 0.25) is 36.3 Å². The lowest BCUT2D eigenvalue weighted by atomic mass is 9.93. The Hall–Kier alpha value is -2.09. The minimum absolute atomic E-state index is 0.00494. The first-order chi connectivity index (χ1) is 19.3. The highest BCUT2D eigenvalue weighted by molar-refractivity contribution is 7.90. The number of ether oxygens (including phenoxy) is 1. The number of nitrogens with two attached hydrogens (primary N) is 1. The second kappa shape index (κ2) is 11.4. The maximum atomic E-state index is 13.6. The van der Waals surface area contributed by atoms with Crippen LogP contribution in [0.25, 0.3) is 0 Å². The first kappa shape index (κ1) is 35.4. The van der Waals surface area contributed by atoms with Gasteiger partial charge in [0.05, 0.1) is 11.1 Å². The molecule has 0 aliphatic carbocycles. The van der Waals surface area contributed by atoms with Gasteiger partial charge >= 0.3 is 5.69 Å². The van der Waals surface area contributed by atoms with Gasteiger partial charge in [0, 0.05) is 31.8 Å². The van der Waals surface area contributed by atoms with Crippen LogP contribution in [0, 0.1) is 6.92 Å². The Balaban J connectivity index is 2.39. The molecular formula is C27H48N4O9SSi2. The zero-order chi connectivity index (χ0) is 33.1. The molecule has 13 nitrogen and oxygen atoms in total. The number of primary amides is 1. The number of carbonyl (C=O) groups excluding carboxylic acids is 1. The maximum absolute atomic E-state index is 13.6. The lowest BCUT2D eigenvalue weighted by Crippen LogP contribution is -2.61. The summed E-state index contributed by atoms with van der Waals surface area (Å²) in [5, 5.41) is 3.31. The minimum atomic E-state index is -4.32. The van der Waals surface area contributed by atoms with Crippen molar-refractivity contribution in [2.75, 3.05) is 6.54 Å². The number of hydrogen-bond donors (Lipinski definition) is 2. The molecule has 0 bridgehead atoms. The number of aryl methyl sites for hydroxylation is 1. The van der Waals surface area contributed by atoms with Crippen LogP contribution < -0.4 is 22.3 Å². The summed E-state index contributed by atoms with van der Waals surface area (Å²) in [6, 6.07) is 0. The zero-order valence-corrected chi connectivity index (χ0v) is 30.2. The standard InChI is InChI=1S/C27H48N4O9SSi2/c1-17-15-31(24(34)30(8)21(17)33)22-20(38-42(9,10)25(2,3)4)27(23(37-22)39-43(11,12)26(5,6)7)18(16-41(35,36)40-27)29-14-13-19(28)32/h15-16,20,22-23,29H,13-14H2,1-12H3,(H2,28,32)/t20?,22-,23?,27?/m1/s1. The maximum Gasteiger partial charge on any atom is 0.332 e. The number of amides is 1. The highest BCUT2D eigenvalue weighted by Gasteiger charge is 2.69. The second-order valence-electron chi connectivity index (χ2n) is 14.4. The first-order valence-corrected chi connectivity index (χ1v) is 21.6. The van der Waals surface area contributed by atoms with Gasteiger partial charge in [0.15, 0.2) is 29.2 Å². The third kappa shape index (κ3) is 6.65. The number of aromatic nitrogens is 2. The zero-order valence-electron chi connectivity index (χ0n) is 27.4. The Morgan fingerprint density at radius 2 is 1.60 bits per heavy atom. The van der Waals surface area contributed by atoms with E-state index in [9.17, 15) is 22.8 Å². The summed E-state index contributed by atoms with van der Waals surface area (Å²) in [4.78, 5) is 37.8. The van der Waals surface area contributed by atoms with Gasteiger partial charge in [-0.15, -0.1) is 0 Å². The molecule has 2 aliphatic heterocycles. The van der Waals surface area contributed by atoms with Crippen LogP contribution in [-0.2, 0) is 39.7 Å². The molecule has 0 radical (unpaired) electrons. The van der Waals surface area contributed by atoms with Crippen LogP contribution in [0.15, 0.2) is 26.9 Å². The van der Waals surface area contributed by atoms with E-state index in [0.717, 1.165) is 9.98 Å². The van der Waals surface area contributed by atoms with Gasteiger partial charge in [-0.25, -0.2) is 8.98 Å². The topological polar surface area (TPSA) is 170 Å². The minimum Gasteiger partial charge on any atom is -0.406 e. The highest BCUT2D eigenvalue weighted by Crippen LogP contribution is 2.54. The summed E-state index contributed by atoms with van der Waals surface area (Å²) in [5.74, 6) is -0.583. The number of rotatable bonds is 9. The SMILES string of the molecule is Cc1cn([C@@H]2OC(O[Si](C)(C)C(C)(C)C)C3(OS(=O)(=O)C=C3NCCC(N)=O)C2O[Si](C)(C)C(C)(C)C)c(=O)n(C)c1=O. The fraction of sp³-hybridized carbons (Fsp3) is 0.741. The van der Waals surface area contributed by atoms with Gasteiger partial charge in [0.25, 0.3) is 15.7 Å². The average Bonchev–Trinajstić information content (AvgIpc) is 3.25. The summed E-state index contributed by atoms with van der Waals surface area (Å²) < 4.78 is 55.0. The van der Waals surface area contributed by atoms with Crippen molar-refractivity contribution in [1.29, 1.82) is 0 Å². The van der Waals surface area contributed by atoms with Crippen molar-refractivity contribution in [3.05, 3.63) is 43.7 Å². The van der Waals surface area contributed by atoms with Crippen molar-refractivity contribution in [3.8, 4) is 0 Å². The van der Waals surface area contributed by atoms with Crippen molar-refractivity contribution in [2.24, 2.45) is 12.8 Å². The van der Waals surface area contributed by atoms with E-state index in [0.29, 0.717) is 0 Å². The average molecular weight is 661 g/mol. The van der Waals surface area contributed by atoms with Crippen molar-refractivity contribution in [1.82, 2.24) is 14.5 Å². The van der Waals surface area contributed by atoms with E-state index in [2.05, 4.69) is 5.32 Å². The van der Waals surface area contributed by atoms with Crippen LogP contribution in [0.5, 0.6) is 0 Å². The Bertz CT molecular complexity index is 1520. The smallest absolute Gasteiger partial charge is 0.332 e. The summed E-state index contributed by atoms with van der Waals surface area (Å²) in [6.07, 6.45) is -2.55. The highest BCUT2D eigenvalue weighted by atomic mass is 32.2. The summed E-state index contributed by atoms with van der Waals surface area (Å²) in [5.41, 5.74) is 2.64. The van der Waals surface area contributed by atoms with Gasteiger partial charge in [0.2, 0.25) is 11.5 Å². The summed E-state index contributed by atoms with van der Waals surface area (Å²) in [7, 11) is -8.42. The number of nitrogens with one attached hydrogen (secondary N) is 1. The van der Waals surface area contributed by atoms with Crippen LogP contribution >= 0.6 is 0 Å². The quantitative estimate of drug-likeness (QED) is 0.296. The Morgan fingerprint density at radius 3 is 2.12 bits per heavy atom. The molecule has 0 aromatic carbocycles.